The van der Waals surface area contributed by atoms with Crippen LogP contribution in [0.2, 0.25) is 0 Å². The van der Waals surface area contributed by atoms with Crippen molar-refractivity contribution >= 4 is 46.0 Å². The molecule has 0 saturated heterocycles. The van der Waals surface area contributed by atoms with Crippen molar-refractivity contribution in [3.8, 4) is 5.75 Å². The number of amides is 3. The highest BCUT2D eigenvalue weighted by Crippen LogP contribution is 2.31. The number of thioether (sulfide) groups is 1. The molecule has 0 aliphatic carbocycles. The van der Waals surface area contributed by atoms with Gasteiger partial charge in [-0.05, 0) is 19.1 Å². The molecule has 4 N–H and O–H groups in total. The number of ether oxygens (including phenoxy) is 1. The molecule has 0 atom stereocenters. The molecule has 138 valence electrons. The first-order chi connectivity index (χ1) is 12.4. The topological polar surface area (TPSA) is 123 Å². The maximum atomic E-state index is 11.9. The second-order valence-corrected chi connectivity index (χ2v) is 7.32. The van der Waals surface area contributed by atoms with E-state index in [1.165, 1.54) is 23.1 Å². The average Bonchev–Trinajstić information content (AvgIpc) is 2.96. The van der Waals surface area contributed by atoms with Gasteiger partial charge in [0.25, 0.3) is 5.91 Å². The number of anilines is 1. The smallest absolute Gasteiger partial charge is 0.258 e. The predicted octanol–water partition coefficient (Wildman–Crippen LogP) is 1.16. The van der Waals surface area contributed by atoms with Gasteiger partial charge < -0.3 is 21.1 Å². The molecule has 0 aliphatic rings. The first-order valence-corrected chi connectivity index (χ1v) is 9.37. The number of benzene rings is 1. The van der Waals surface area contributed by atoms with Crippen molar-refractivity contribution < 1.29 is 19.1 Å². The number of nitrogens with two attached hydrogens (primary N) is 1. The zero-order valence-corrected chi connectivity index (χ0v) is 15.6. The minimum absolute atomic E-state index is 0.147. The fraction of sp³-hybridized carbons (Fsp3) is 0.250. The number of nitrogens with zero attached hydrogens (tertiary/aromatic N) is 1. The number of hydrogen-bond acceptors (Lipinski definition) is 7. The summed E-state index contributed by atoms with van der Waals surface area (Å²) in [6, 6.07) is 8.91. The number of primary amides is 1. The van der Waals surface area contributed by atoms with Crippen molar-refractivity contribution in [1.29, 1.82) is 0 Å². The van der Waals surface area contributed by atoms with Crippen molar-refractivity contribution in [2.45, 2.75) is 11.1 Å². The van der Waals surface area contributed by atoms with Crippen LogP contribution in [0.15, 0.2) is 34.5 Å². The highest BCUT2D eigenvalue weighted by Gasteiger charge is 2.12. The lowest BCUT2D eigenvalue weighted by molar-refractivity contribution is -0.125. The predicted molar refractivity (Wildman–Crippen MR) is 100 cm³/mol. The molecule has 0 saturated carbocycles. The van der Waals surface area contributed by atoms with Crippen molar-refractivity contribution in [3.05, 3.63) is 36.0 Å². The highest BCUT2D eigenvalue weighted by molar-refractivity contribution is 8.01. The Morgan fingerprint density at radius 3 is 2.65 bits per heavy atom. The third-order valence-electron chi connectivity index (χ3n) is 2.91. The van der Waals surface area contributed by atoms with Gasteiger partial charge in [0.1, 0.15) is 5.75 Å². The normalized spacial score (nSPS) is 10.2. The lowest BCUT2D eigenvalue weighted by atomic mass is 10.3. The van der Waals surface area contributed by atoms with Crippen LogP contribution in [0, 0.1) is 6.92 Å². The Balaban J connectivity index is 1.73. The SMILES string of the molecule is Cc1nc(NC(=O)CNC(=O)COc2ccccc2)sc1SCC(N)=O. The fourth-order valence-corrected chi connectivity index (χ4v) is 3.66. The Bertz CT molecular complexity index is 780. The molecule has 8 nitrogen and oxygen atoms in total. The molecule has 2 rings (SSSR count). The summed E-state index contributed by atoms with van der Waals surface area (Å²) < 4.78 is 6.09. The van der Waals surface area contributed by atoms with Gasteiger partial charge in [0.2, 0.25) is 11.8 Å². The molecular formula is C16H18N4O4S2. The number of aryl methyl sites for hydroxylation is 1. The van der Waals surface area contributed by atoms with E-state index in [2.05, 4.69) is 15.6 Å². The van der Waals surface area contributed by atoms with Gasteiger partial charge >= 0.3 is 0 Å². The molecule has 1 aromatic carbocycles. The zero-order chi connectivity index (χ0) is 18.9. The third-order valence-corrected chi connectivity index (χ3v) is 5.36. The van der Waals surface area contributed by atoms with Crippen LogP contribution >= 0.6 is 23.1 Å². The Morgan fingerprint density at radius 2 is 1.96 bits per heavy atom. The summed E-state index contributed by atoms with van der Waals surface area (Å²) in [4.78, 5) is 38.6. The van der Waals surface area contributed by atoms with Crippen LogP contribution in [0.4, 0.5) is 5.13 Å². The lowest BCUT2D eigenvalue weighted by Crippen LogP contribution is -2.35. The monoisotopic (exact) mass is 394 g/mol. The number of rotatable bonds is 9. The van der Waals surface area contributed by atoms with Gasteiger partial charge in [-0.25, -0.2) is 4.98 Å². The van der Waals surface area contributed by atoms with Crippen LogP contribution in [0.25, 0.3) is 0 Å². The quantitative estimate of drug-likeness (QED) is 0.549. The zero-order valence-electron chi connectivity index (χ0n) is 14.0. The third kappa shape index (κ3) is 6.73. The second kappa shape index (κ2) is 9.78. The van der Waals surface area contributed by atoms with Gasteiger partial charge in [-0.2, -0.15) is 0 Å². The van der Waals surface area contributed by atoms with E-state index >= 15 is 0 Å². The highest BCUT2D eigenvalue weighted by atomic mass is 32.2. The van der Waals surface area contributed by atoms with Crippen molar-refractivity contribution in [2.24, 2.45) is 5.73 Å². The summed E-state index contributed by atoms with van der Waals surface area (Å²) in [5, 5.41) is 5.47. The number of para-hydroxylation sites is 1. The number of aromatic nitrogens is 1. The molecule has 0 fully saturated rings. The van der Waals surface area contributed by atoms with Crippen molar-refractivity contribution in [3.63, 3.8) is 0 Å². The minimum Gasteiger partial charge on any atom is -0.484 e. The largest absolute Gasteiger partial charge is 0.484 e. The molecule has 3 amide bonds. The van der Waals surface area contributed by atoms with Crippen LogP contribution in [0.3, 0.4) is 0 Å². The van der Waals surface area contributed by atoms with E-state index in [0.29, 0.717) is 16.6 Å². The molecule has 26 heavy (non-hydrogen) atoms. The second-order valence-electron chi connectivity index (χ2n) is 5.07. The van der Waals surface area contributed by atoms with Gasteiger partial charge in [0, 0.05) is 0 Å². The molecule has 0 aliphatic heterocycles. The number of carbonyl (C=O) groups excluding carboxylic acids is 3. The van der Waals surface area contributed by atoms with Gasteiger partial charge in [0.05, 0.1) is 22.2 Å². The molecule has 0 bridgehead atoms. The van der Waals surface area contributed by atoms with Gasteiger partial charge in [-0.15, -0.1) is 11.8 Å². The number of thiazole rings is 1. The van der Waals surface area contributed by atoms with E-state index in [9.17, 15) is 14.4 Å². The van der Waals surface area contributed by atoms with Crippen LogP contribution in [0.1, 0.15) is 5.69 Å². The molecule has 0 radical (unpaired) electrons. The Kier molecular flexibility index (Phi) is 7.42. The van der Waals surface area contributed by atoms with E-state index in [0.717, 1.165) is 4.21 Å². The molecule has 1 heterocycles. The Morgan fingerprint density at radius 1 is 1.23 bits per heavy atom. The molecular weight excluding hydrogens is 376 g/mol. The summed E-state index contributed by atoms with van der Waals surface area (Å²) in [6.07, 6.45) is 0. The molecule has 0 unspecified atom stereocenters. The molecule has 2 aromatic rings. The summed E-state index contributed by atoms with van der Waals surface area (Å²) >= 11 is 2.52. The summed E-state index contributed by atoms with van der Waals surface area (Å²) in [6.45, 7) is 1.40. The summed E-state index contributed by atoms with van der Waals surface area (Å²) in [5.74, 6) is -0.510. The Hall–Kier alpha value is -2.59. The first-order valence-electron chi connectivity index (χ1n) is 7.57. The first kappa shape index (κ1) is 19.7. The van der Waals surface area contributed by atoms with Crippen molar-refractivity contribution in [2.75, 3.05) is 24.2 Å². The minimum atomic E-state index is -0.422. The Labute approximate surface area is 158 Å². The summed E-state index contributed by atoms with van der Waals surface area (Å²) in [7, 11) is 0. The lowest BCUT2D eigenvalue weighted by Gasteiger charge is -2.07. The maximum Gasteiger partial charge on any atom is 0.258 e. The van der Waals surface area contributed by atoms with E-state index in [4.69, 9.17) is 10.5 Å². The van der Waals surface area contributed by atoms with E-state index in [-0.39, 0.29) is 18.9 Å². The molecule has 0 spiro atoms. The number of nitrogens with one attached hydrogen (secondary N) is 2. The van der Waals surface area contributed by atoms with E-state index in [1.54, 1.807) is 31.2 Å². The van der Waals surface area contributed by atoms with E-state index < -0.39 is 17.7 Å². The van der Waals surface area contributed by atoms with Crippen LogP contribution in [0.5, 0.6) is 5.75 Å². The average molecular weight is 394 g/mol. The molecule has 10 heteroatoms. The van der Waals surface area contributed by atoms with Gasteiger partial charge in [-0.3, -0.25) is 14.4 Å². The van der Waals surface area contributed by atoms with Crippen LogP contribution in [-0.2, 0) is 14.4 Å². The fourth-order valence-electron chi connectivity index (χ4n) is 1.77. The number of hydrogen-bond donors (Lipinski definition) is 3. The maximum absolute atomic E-state index is 11.9. The van der Waals surface area contributed by atoms with Crippen LogP contribution in [-0.4, -0.2) is 41.6 Å². The van der Waals surface area contributed by atoms with Gasteiger partial charge in [-0.1, -0.05) is 29.5 Å². The standard InChI is InChI=1S/C16H18N4O4S2/c1-10-15(25-9-12(17)21)26-16(19-10)20-13(22)7-18-14(23)8-24-11-5-3-2-4-6-11/h2-6H,7-9H2,1H3,(H2,17,21)(H,18,23)(H,19,20,22). The summed E-state index contributed by atoms with van der Waals surface area (Å²) in [5.41, 5.74) is 5.82. The van der Waals surface area contributed by atoms with Gasteiger partial charge in [0.15, 0.2) is 11.7 Å². The van der Waals surface area contributed by atoms with Crippen LogP contribution < -0.4 is 21.1 Å². The van der Waals surface area contributed by atoms with E-state index in [1.807, 2.05) is 6.07 Å². The molecule has 1 aromatic heterocycles. The number of carbonyl (C=O) groups is 3. The van der Waals surface area contributed by atoms with Crippen molar-refractivity contribution in [1.82, 2.24) is 10.3 Å².